The van der Waals surface area contributed by atoms with Gasteiger partial charge in [-0.3, -0.25) is 0 Å². The van der Waals surface area contributed by atoms with E-state index in [1.165, 1.54) is 6.20 Å². The molecule has 4 heteroatoms. The molecule has 0 fully saturated rings. The zero-order chi connectivity index (χ0) is 13.8. The van der Waals surface area contributed by atoms with Crippen LogP contribution in [0.15, 0.2) is 36.5 Å². The van der Waals surface area contributed by atoms with Gasteiger partial charge in [0.25, 0.3) is 5.88 Å². The Balaban J connectivity index is 2.28. The minimum atomic E-state index is -0.507. The van der Waals surface area contributed by atoms with Crippen molar-refractivity contribution < 1.29 is 9.13 Å². The van der Waals surface area contributed by atoms with Crippen molar-refractivity contribution >= 4 is 11.6 Å². The summed E-state index contributed by atoms with van der Waals surface area (Å²) in [5, 5.41) is 0. The average Bonchev–Trinajstić information content (AvgIpc) is 2.41. The van der Waals surface area contributed by atoms with Crippen molar-refractivity contribution in [1.82, 2.24) is 4.98 Å². The third-order valence-corrected chi connectivity index (χ3v) is 3.11. The van der Waals surface area contributed by atoms with Gasteiger partial charge in [0.15, 0.2) is 5.82 Å². The third-order valence-electron chi connectivity index (χ3n) is 2.82. The van der Waals surface area contributed by atoms with Crippen LogP contribution in [0.25, 0.3) is 0 Å². The monoisotopic (exact) mass is 279 g/mol. The molecule has 2 rings (SSSR count). The van der Waals surface area contributed by atoms with Gasteiger partial charge >= 0.3 is 0 Å². The number of halogens is 2. The third kappa shape index (κ3) is 3.24. The van der Waals surface area contributed by atoms with Gasteiger partial charge in [0, 0.05) is 11.8 Å². The second kappa shape index (κ2) is 6.02. The first-order chi connectivity index (χ1) is 9.11. The number of hydrogen-bond acceptors (Lipinski definition) is 2. The maximum atomic E-state index is 13.9. The maximum absolute atomic E-state index is 13.9. The maximum Gasteiger partial charge on any atom is 0.256 e. The van der Waals surface area contributed by atoms with E-state index in [0.29, 0.717) is 17.2 Å². The van der Waals surface area contributed by atoms with Crippen LogP contribution in [0.3, 0.4) is 0 Å². The molecule has 0 spiro atoms. The van der Waals surface area contributed by atoms with E-state index in [2.05, 4.69) is 18.8 Å². The van der Waals surface area contributed by atoms with Gasteiger partial charge in [-0.05, 0) is 29.7 Å². The number of alkyl halides is 1. The fourth-order valence-electron chi connectivity index (χ4n) is 1.69. The molecule has 100 valence electrons. The zero-order valence-corrected chi connectivity index (χ0v) is 11.6. The van der Waals surface area contributed by atoms with Gasteiger partial charge in [-0.2, -0.15) is 0 Å². The topological polar surface area (TPSA) is 22.1 Å². The Kier molecular flexibility index (Phi) is 4.38. The predicted molar refractivity (Wildman–Crippen MR) is 74.4 cm³/mol. The number of benzene rings is 1. The van der Waals surface area contributed by atoms with E-state index < -0.39 is 5.82 Å². The lowest BCUT2D eigenvalue weighted by Crippen LogP contribution is -1.96. The first kappa shape index (κ1) is 13.8. The van der Waals surface area contributed by atoms with Crippen molar-refractivity contribution in [2.75, 3.05) is 0 Å². The van der Waals surface area contributed by atoms with Crippen molar-refractivity contribution in [3.63, 3.8) is 0 Å². The minimum absolute atomic E-state index is 0.0425. The Morgan fingerprint density at radius 2 is 2.11 bits per heavy atom. The van der Waals surface area contributed by atoms with Crippen molar-refractivity contribution in [3.05, 3.63) is 53.5 Å². The van der Waals surface area contributed by atoms with E-state index in [9.17, 15) is 4.39 Å². The molecule has 0 saturated heterocycles. The van der Waals surface area contributed by atoms with Crippen molar-refractivity contribution in [3.8, 4) is 11.6 Å². The van der Waals surface area contributed by atoms with Crippen LogP contribution in [0.5, 0.6) is 11.6 Å². The molecule has 1 heterocycles. The lowest BCUT2D eigenvalue weighted by atomic mass is 10.0. The molecule has 0 bridgehead atoms. The molecule has 19 heavy (non-hydrogen) atoms. The summed E-state index contributed by atoms with van der Waals surface area (Å²) in [6, 6.07) is 9.10. The highest BCUT2D eigenvalue weighted by Crippen LogP contribution is 2.27. The molecule has 0 radical (unpaired) electrons. The number of hydrogen-bond donors (Lipinski definition) is 0. The van der Waals surface area contributed by atoms with E-state index in [-0.39, 0.29) is 11.8 Å². The Labute approximate surface area is 117 Å². The first-order valence-corrected chi connectivity index (χ1v) is 6.62. The molecule has 2 aromatic rings. The van der Waals surface area contributed by atoms with Crippen LogP contribution in [-0.2, 0) is 5.88 Å². The van der Waals surface area contributed by atoms with Crippen molar-refractivity contribution in [2.24, 2.45) is 0 Å². The minimum Gasteiger partial charge on any atom is -0.436 e. The van der Waals surface area contributed by atoms with Gasteiger partial charge in [0.2, 0.25) is 0 Å². The van der Waals surface area contributed by atoms with Gasteiger partial charge in [-0.1, -0.05) is 26.0 Å². The Morgan fingerprint density at radius 1 is 1.32 bits per heavy atom. The van der Waals surface area contributed by atoms with Crippen LogP contribution in [0.4, 0.5) is 4.39 Å². The summed E-state index contributed by atoms with van der Waals surface area (Å²) in [7, 11) is 0. The Hall–Kier alpha value is -1.61. The molecule has 0 unspecified atom stereocenters. The van der Waals surface area contributed by atoms with Gasteiger partial charge in [-0.25, -0.2) is 9.37 Å². The quantitative estimate of drug-likeness (QED) is 0.745. The highest BCUT2D eigenvalue weighted by Gasteiger charge is 2.11. The lowest BCUT2D eigenvalue weighted by Gasteiger charge is -2.10. The van der Waals surface area contributed by atoms with Gasteiger partial charge < -0.3 is 4.74 Å². The van der Waals surface area contributed by atoms with E-state index >= 15 is 0 Å². The molecular formula is C15H15ClFNO. The van der Waals surface area contributed by atoms with Crippen molar-refractivity contribution in [2.45, 2.75) is 25.6 Å². The van der Waals surface area contributed by atoms with E-state index in [1.807, 2.05) is 18.2 Å². The molecular weight excluding hydrogens is 265 g/mol. The van der Waals surface area contributed by atoms with Crippen LogP contribution in [0.1, 0.15) is 30.9 Å². The number of rotatable bonds is 4. The molecule has 1 aromatic carbocycles. The standard InChI is InChI=1S/C15H15ClFNO/c1-10(2)11-4-3-5-13(8-11)19-15-14(17)12(9-16)6-7-18-15/h3-8,10H,9H2,1-2H3. The largest absolute Gasteiger partial charge is 0.436 e. The van der Waals surface area contributed by atoms with E-state index in [4.69, 9.17) is 16.3 Å². The van der Waals surface area contributed by atoms with Gasteiger partial charge in [0.05, 0.1) is 5.88 Å². The number of nitrogens with zero attached hydrogens (tertiary/aromatic N) is 1. The molecule has 2 nitrogen and oxygen atoms in total. The molecule has 0 aliphatic rings. The molecule has 0 aliphatic carbocycles. The van der Waals surface area contributed by atoms with Crippen LogP contribution >= 0.6 is 11.6 Å². The zero-order valence-electron chi connectivity index (χ0n) is 10.9. The summed E-state index contributed by atoms with van der Waals surface area (Å²) in [4.78, 5) is 3.90. The molecule has 1 aromatic heterocycles. The number of ether oxygens (including phenoxy) is 1. The summed E-state index contributed by atoms with van der Waals surface area (Å²) in [6.07, 6.45) is 1.49. The van der Waals surface area contributed by atoms with Gasteiger partial charge in [0.1, 0.15) is 5.75 Å². The highest BCUT2D eigenvalue weighted by molar-refractivity contribution is 6.17. The van der Waals surface area contributed by atoms with Crippen LogP contribution < -0.4 is 4.74 Å². The van der Waals surface area contributed by atoms with E-state index in [1.54, 1.807) is 12.1 Å². The van der Waals surface area contributed by atoms with Crippen molar-refractivity contribution in [1.29, 1.82) is 0 Å². The Morgan fingerprint density at radius 3 is 2.79 bits per heavy atom. The molecule has 0 atom stereocenters. The molecule has 0 amide bonds. The summed E-state index contributed by atoms with van der Waals surface area (Å²) < 4.78 is 19.4. The smallest absolute Gasteiger partial charge is 0.256 e. The highest BCUT2D eigenvalue weighted by atomic mass is 35.5. The normalized spacial score (nSPS) is 10.8. The average molecular weight is 280 g/mol. The van der Waals surface area contributed by atoms with Crippen LogP contribution in [0, 0.1) is 5.82 Å². The predicted octanol–water partition coefficient (Wildman–Crippen LogP) is 4.88. The van der Waals surface area contributed by atoms with Crippen LogP contribution in [0.2, 0.25) is 0 Å². The SMILES string of the molecule is CC(C)c1cccc(Oc2nccc(CCl)c2F)c1. The summed E-state index contributed by atoms with van der Waals surface area (Å²) in [5.41, 5.74) is 1.51. The number of aromatic nitrogens is 1. The Bertz CT molecular complexity index is 572. The van der Waals surface area contributed by atoms with E-state index in [0.717, 1.165) is 5.56 Å². The number of pyridine rings is 1. The molecule has 0 saturated carbocycles. The first-order valence-electron chi connectivity index (χ1n) is 6.09. The summed E-state index contributed by atoms with van der Waals surface area (Å²) >= 11 is 5.65. The van der Waals surface area contributed by atoms with Crippen LogP contribution in [-0.4, -0.2) is 4.98 Å². The summed E-state index contributed by atoms with van der Waals surface area (Å²) in [5.74, 6) is 0.503. The fourth-order valence-corrected chi connectivity index (χ4v) is 1.89. The second-order valence-electron chi connectivity index (χ2n) is 4.55. The summed E-state index contributed by atoms with van der Waals surface area (Å²) in [6.45, 7) is 4.18. The van der Waals surface area contributed by atoms with Gasteiger partial charge in [-0.15, -0.1) is 11.6 Å². The molecule has 0 aliphatic heterocycles. The second-order valence-corrected chi connectivity index (χ2v) is 4.82. The lowest BCUT2D eigenvalue weighted by molar-refractivity contribution is 0.419. The fraction of sp³-hybridized carbons (Fsp3) is 0.267. The molecule has 0 N–H and O–H groups in total.